The molecule has 148 valence electrons. The summed E-state index contributed by atoms with van der Waals surface area (Å²) in [4.78, 5) is 37.2. The molecule has 2 amide bonds. The smallest absolute Gasteiger partial charge is 0.310 e. The molecule has 0 heterocycles. The Morgan fingerprint density at radius 2 is 1.75 bits per heavy atom. The van der Waals surface area contributed by atoms with Crippen LogP contribution in [0.2, 0.25) is 0 Å². The third-order valence-electron chi connectivity index (χ3n) is 4.09. The Morgan fingerprint density at radius 1 is 1.07 bits per heavy atom. The number of benzene rings is 2. The summed E-state index contributed by atoms with van der Waals surface area (Å²) in [5.74, 6) is -1.84. The van der Waals surface area contributed by atoms with E-state index >= 15 is 0 Å². The minimum Gasteiger partial charge on any atom is -0.455 e. The lowest BCUT2D eigenvalue weighted by atomic mass is 10.1. The van der Waals surface area contributed by atoms with Gasteiger partial charge in [-0.2, -0.15) is 0 Å². The minimum atomic E-state index is -0.604. The molecule has 2 aromatic rings. The van der Waals surface area contributed by atoms with Gasteiger partial charge in [-0.1, -0.05) is 24.3 Å². The van der Waals surface area contributed by atoms with Crippen LogP contribution >= 0.6 is 0 Å². The Kier molecular flexibility index (Phi) is 7.26. The first-order valence-electron chi connectivity index (χ1n) is 8.75. The van der Waals surface area contributed by atoms with Crippen molar-refractivity contribution in [3.05, 3.63) is 65.0 Å². The van der Waals surface area contributed by atoms with E-state index in [4.69, 9.17) is 4.74 Å². The largest absolute Gasteiger partial charge is 0.455 e. The van der Waals surface area contributed by atoms with Crippen LogP contribution in [0, 0.1) is 19.7 Å². The third-order valence-corrected chi connectivity index (χ3v) is 4.09. The SMILES string of the molecule is Cc1ccc(C)c(NC(=O)CN(C)C(=O)COC(=O)Cc2ccc(F)cc2)c1. The van der Waals surface area contributed by atoms with Crippen molar-refractivity contribution in [2.45, 2.75) is 20.3 Å². The zero-order chi connectivity index (χ0) is 20.7. The van der Waals surface area contributed by atoms with Crippen LogP contribution in [-0.4, -0.2) is 42.9 Å². The van der Waals surface area contributed by atoms with Gasteiger partial charge in [0.15, 0.2) is 6.61 Å². The highest BCUT2D eigenvalue weighted by molar-refractivity contribution is 5.95. The molecule has 0 aliphatic heterocycles. The van der Waals surface area contributed by atoms with Gasteiger partial charge in [-0.05, 0) is 48.7 Å². The van der Waals surface area contributed by atoms with Crippen LogP contribution in [0.15, 0.2) is 42.5 Å². The van der Waals surface area contributed by atoms with E-state index in [1.54, 1.807) is 0 Å². The second-order valence-electron chi connectivity index (χ2n) is 6.58. The average molecular weight is 386 g/mol. The Labute approximate surface area is 163 Å². The van der Waals surface area contributed by atoms with Gasteiger partial charge in [0.05, 0.1) is 13.0 Å². The van der Waals surface area contributed by atoms with Crippen molar-refractivity contribution in [1.29, 1.82) is 0 Å². The maximum Gasteiger partial charge on any atom is 0.310 e. The van der Waals surface area contributed by atoms with Crippen LogP contribution in [0.1, 0.15) is 16.7 Å². The first kappa shape index (κ1) is 21.1. The molecule has 28 heavy (non-hydrogen) atoms. The summed E-state index contributed by atoms with van der Waals surface area (Å²) in [6.07, 6.45) is -0.0651. The number of carbonyl (C=O) groups is 3. The molecule has 6 nitrogen and oxygen atoms in total. The summed E-state index contributed by atoms with van der Waals surface area (Å²) >= 11 is 0. The van der Waals surface area contributed by atoms with Crippen LogP contribution in [-0.2, 0) is 25.5 Å². The maximum atomic E-state index is 12.9. The molecule has 0 saturated heterocycles. The van der Waals surface area contributed by atoms with Crippen LogP contribution in [0.4, 0.5) is 10.1 Å². The van der Waals surface area contributed by atoms with Gasteiger partial charge in [0.2, 0.25) is 5.91 Å². The second-order valence-corrected chi connectivity index (χ2v) is 6.58. The van der Waals surface area contributed by atoms with E-state index in [0.717, 1.165) is 11.1 Å². The van der Waals surface area contributed by atoms with Crippen molar-refractivity contribution in [2.24, 2.45) is 0 Å². The van der Waals surface area contributed by atoms with Gasteiger partial charge in [0, 0.05) is 12.7 Å². The summed E-state index contributed by atoms with van der Waals surface area (Å²) in [6, 6.07) is 11.1. The Bertz CT molecular complexity index is 865. The van der Waals surface area contributed by atoms with Crippen molar-refractivity contribution in [3.8, 4) is 0 Å². The molecule has 0 aliphatic carbocycles. The van der Waals surface area contributed by atoms with Crippen LogP contribution < -0.4 is 5.32 Å². The summed E-state index contributed by atoms with van der Waals surface area (Å²) in [7, 11) is 1.46. The predicted octanol–water partition coefficient (Wildman–Crippen LogP) is 2.63. The number of ether oxygens (including phenoxy) is 1. The molecule has 1 N–H and O–H groups in total. The van der Waals surface area contributed by atoms with E-state index in [-0.39, 0.29) is 18.9 Å². The normalized spacial score (nSPS) is 10.3. The molecule has 0 fully saturated rings. The molecule has 0 spiro atoms. The Balaban J connectivity index is 1.78. The van der Waals surface area contributed by atoms with Gasteiger partial charge in [-0.3, -0.25) is 14.4 Å². The number of halogens is 1. The fourth-order valence-electron chi connectivity index (χ4n) is 2.44. The molecule has 0 bridgehead atoms. The fourth-order valence-corrected chi connectivity index (χ4v) is 2.44. The average Bonchev–Trinajstić information content (AvgIpc) is 2.64. The van der Waals surface area contributed by atoms with Crippen molar-refractivity contribution >= 4 is 23.5 Å². The lowest BCUT2D eigenvalue weighted by molar-refractivity contribution is -0.151. The topological polar surface area (TPSA) is 75.7 Å². The number of amides is 2. The zero-order valence-electron chi connectivity index (χ0n) is 16.1. The molecule has 0 aliphatic rings. The van der Waals surface area contributed by atoms with Crippen LogP contribution in [0.25, 0.3) is 0 Å². The van der Waals surface area contributed by atoms with Gasteiger partial charge in [-0.25, -0.2) is 4.39 Å². The molecule has 0 aromatic heterocycles. The van der Waals surface area contributed by atoms with E-state index in [9.17, 15) is 18.8 Å². The number of carbonyl (C=O) groups excluding carboxylic acids is 3. The van der Waals surface area contributed by atoms with Crippen molar-refractivity contribution in [3.63, 3.8) is 0 Å². The molecular weight excluding hydrogens is 363 g/mol. The highest BCUT2D eigenvalue weighted by Gasteiger charge is 2.16. The lowest BCUT2D eigenvalue weighted by Crippen LogP contribution is -2.37. The summed E-state index contributed by atoms with van der Waals surface area (Å²) in [6.45, 7) is 3.17. The van der Waals surface area contributed by atoms with Gasteiger partial charge >= 0.3 is 5.97 Å². The first-order chi connectivity index (χ1) is 13.2. The van der Waals surface area contributed by atoms with Crippen molar-refractivity contribution in [2.75, 3.05) is 25.5 Å². The van der Waals surface area contributed by atoms with Gasteiger partial charge < -0.3 is 15.0 Å². The Morgan fingerprint density at radius 3 is 2.43 bits per heavy atom. The van der Waals surface area contributed by atoms with Crippen LogP contribution in [0.3, 0.4) is 0 Å². The van der Waals surface area contributed by atoms with E-state index in [0.29, 0.717) is 11.3 Å². The molecule has 0 radical (unpaired) electrons. The standard InChI is InChI=1S/C21H23FN2O4/c1-14-4-5-15(2)18(10-14)23-19(25)12-24(3)20(26)13-28-21(27)11-16-6-8-17(22)9-7-16/h4-10H,11-13H2,1-3H3,(H,23,25). The predicted molar refractivity (Wildman–Crippen MR) is 103 cm³/mol. The number of hydrogen-bond donors (Lipinski definition) is 1. The summed E-state index contributed by atoms with van der Waals surface area (Å²) in [5.41, 5.74) is 3.21. The lowest BCUT2D eigenvalue weighted by Gasteiger charge is -2.17. The number of anilines is 1. The van der Waals surface area contributed by atoms with E-state index in [2.05, 4.69) is 5.32 Å². The number of hydrogen-bond acceptors (Lipinski definition) is 4. The highest BCUT2D eigenvalue weighted by atomic mass is 19.1. The molecule has 7 heteroatoms. The van der Waals surface area contributed by atoms with Crippen molar-refractivity contribution in [1.82, 2.24) is 4.90 Å². The number of likely N-dealkylation sites (N-methyl/N-ethyl adjacent to an activating group) is 1. The number of nitrogens with one attached hydrogen (secondary N) is 1. The molecule has 2 aromatic carbocycles. The van der Waals surface area contributed by atoms with E-state index < -0.39 is 24.3 Å². The van der Waals surface area contributed by atoms with Gasteiger partial charge in [0.25, 0.3) is 5.91 Å². The summed E-state index contributed by atoms with van der Waals surface area (Å²) < 4.78 is 17.8. The molecule has 0 saturated carbocycles. The number of rotatable bonds is 7. The molecule has 0 unspecified atom stereocenters. The monoisotopic (exact) mass is 386 g/mol. The molecule has 0 atom stereocenters. The quantitative estimate of drug-likeness (QED) is 0.743. The second kappa shape index (κ2) is 9.64. The molecule has 2 rings (SSSR count). The number of esters is 1. The maximum absolute atomic E-state index is 12.9. The van der Waals surface area contributed by atoms with Gasteiger partial charge in [-0.15, -0.1) is 0 Å². The highest BCUT2D eigenvalue weighted by Crippen LogP contribution is 2.16. The summed E-state index contributed by atoms with van der Waals surface area (Å²) in [5, 5.41) is 2.77. The number of aryl methyl sites for hydroxylation is 2. The van der Waals surface area contributed by atoms with E-state index in [1.807, 2.05) is 32.0 Å². The first-order valence-corrected chi connectivity index (χ1v) is 8.75. The Hall–Kier alpha value is -3.22. The molecular formula is C21H23FN2O4. The van der Waals surface area contributed by atoms with Gasteiger partial charge in [0.1, 0.15) is 5.82 Å². The number of nitrogens with zero attached hydrogens (tertiary/aromatic N) is 1. The van der Waals surface area contributed by atoms with E-state index in [1.165, 1.54) is 36.2 Å². The fraction of sp³-hybridized carbons (Fsp3) is 0.286. The zero-order valence-corrected chi connectivity index (χ0v) is 16.1. The minimum absolute atomic E-state index is 0.0651. The van der Waals surface area contributed by atoms with Crippen molar-refractivity contribution < 1.29 is 23.5 Å². The third kappa shape index (κ3) is 6.50. The van der Waals surface area contributed by atoms with Crippen LogP contribution in [0.5, 0.6) is 0 Å².